The van der Waals surface area contributed by atoms with Crippen molar-refractivity contribution in [1.82, 2.24) is 9.80 Å². The Hall–Kier alpha value is -3.33. The van der Waals surface area contributed by atoms with Crippen LogP contribution in [0, 0.1) is 0 Å². The first-order chi connectivity index (χ1) is 14.8. The summed E-state index contributed by atoms with van der Waals surface area (Å²) in [4.78, 5) is 40.5. The van der Waals surface area contributed by atoms with Crippen molar-refractivity contribution >= 4 is 17.7 Å². The van der Waals surface area contributed by atoms with Gasteiger partial charge in [0.05, 0.1) is 11.1 Å². The van der Waals surface area contributed by atoms with Gasteiger partial charge < -0.3 is 14.4 Å². The molecule has 2 aromatic carbocycles. The van der Waals surface area contributed by atoms with Crippen LogP contribution in [0.2, 0.25) is 0 Å². The fourth-order valence-corrected chi connectivity index (χ4v) is 3.34. The Bertz CT molecular complexity index is 978. The molecule has 1 heterocycles. The van der Waals surface area contributed by atoms with Gasteiger partial charge in [-0.15, -0.1) is 0 Å². The van der Waals surface area contributed by atoms with Crippen molar-refractivity contribution < 1.29 is 32.6 Å². The quantitative estimate of drug-likeness (QED) is 0.449. The third kappa shape index (κ3) is 5.05. The highest BCUT2D eigenvalue weighted by molar-refractivity contribution is 6.22. The minimum atomic E-state index is -2.90. The van der Waals surface area contributed by atoms with Crippen molar-refractivity contribution in [1.29, 1.82) is 0 Å². The number of fused-ring (bicyclic) bond motifs is 1. The average Bonchev–Trinajstić information content (AvgIpc) is 2.98. The Labute approximate surface area is 178 Å². The van der Waals surface area contributed by atoms with Crippen LogP contribution in [0.4, 0.5) is 8.78 Å². The van der Waals surface area contributed by atoms with Crippen molar-refractivity contribution in [3.8, 4) is 5.75 Å². The first-order valence-electron chi connectivity index (χ1n) is 9.60. The number of hydrogen-bond acceptors (Lipinski definition) is 5. The highest BCUT2D eigenvalue weighted by Gasteiger charge is 2.35. The van der Waals surface area contributed by atoms with Crippen LogP contribution < -0.4 is 4.74 Å². The molecule has 0 spiro atoms. The second-order valence-electron chi connectivity index (χ2n) is 7.05. The van der Waals surface area contributed by atoms with E-state index in [4.69, 9.17) is 4.74 Å². The normalized spacial score (nSPS) is 13.0. The third-order valence-corrected chi connectivity index (χ3v) is 4.86. The maximum atomic E-state index is 12.8. The molecule has 2 aromatic rings. The largest absolute Gasteiger partial charge is 0.435 e. The predicted molar refractivity (Wildman–Crippen MR) is 107 cm³/mol. The number of ether oxygens (including phenoxy) is 2. The minimum Gasteiger partial charge on any atom is -0.435 e. The standard InChI is InChI=1S/C22H22F2N2O5/c1-25(13-14-4-7-16(8-5-14)31-22(23)24)19(27)15-6-9-17-18(12-15)21(29)26(20(17)28)10-3-11-30-2/h4-9,12,22H,3,10-11,13H2,1-2H3. The van der Waals surface area contributed by atoms with Gasteiger partial charge in [-0.2, -0.15) is 8.78 Å². The highest BCUT2D eigenvalue weighted by Crippen LogP contribution is 2.25. The molecule has 0 atom stereocenters. The Morgan fingerprint density at radius 3 is 2.39 bits per heavy atom. The van der Waals surface area contributed by atoms with Gasteiger partial charge in [0, 0.05) is 39.4 Å². The first kappa shape index (κ1) is 22.4. The summed E-state index contributed by atoms with van der Waals surface area (Å²) in [6, 6.07) is 10.4. The van der Waals surface area contributed by atoms with E-state index in [1.54, 1.807) is 26.3 Å². The summed E-state index contributed by atoms with van der Waals surface area (Å²) in [5.41, 5.74) is 1.47. The summed E-state index contributed by atoms with van der Waals surface area (Å²) in [5, 5.41) is 0. The van der Waals surface area contributed by atoms with E-state index >= 15 is 0 Å². The molecule has 9 heteroatoms. The monoisotopic (exact) mass is 432 g/mol. The van der Waals surface area contributed by atoms with E-state index in [9.17, 15) is 23.2 Å². The lowest BCUT2D eigenvalue weighted by Gasteiger charge is -2.18. The SMILES string of the molecule is COCCCN1C(=O)c2ccc(C(=O)N(C)Cc3ccc(OC(F)F)cc3)cc2C1=O. The van der Waals surface area contributed by atoms with Gasteiger partial charge in [-0.3, -0.25) is 19.3 Å². The van der Waals surface area contributed by atoms with E-state index in [2.05, 4.69) is 4.74 Å². The Balaban J connectivity index is 1.69. The van der Waals surface area contributed by atoms with E-state index in [0.717, 1.165) is 4.90 Å². The first-order valence-corrected chi connectivity index (χ1v) is 9.60. The van der Waals surface area contributed by atoms with Crippen molar-refractivity contribution in [2.24, 2.45) is 0 Å². The maximum absolute atomic E-state index is 12.8. The molecule has 0 N–H and O–H groups in total. The Morgan fingerprint density at radius 2 is 1.74 bits per heavy atom. The number of nitrogens with zero attached hydrogens (tertiary/aromatic N) is 2. The molecule has 1 aliphatic rings. The number of rotatable bonds is 9. The third-order valence-electron chi connectivity index (χ3n) is 4.86. The van der Waals surface area contributed by atoms with Gasteiger partial charge in [0.1, 0.15) is 5.75 Å². The fraction of sp³-hybridized carbons (Fsp3) is 0.318. The smallest absolute Gasteiger partial charge is 0.387 e. The number of amides is 3. The van der Waals surface area contributed by atoms with Gasteiger partial charge in [0.25, 0.3) is 17.7 Å². The van der Waals surface area contributed by atoms with Crippen LogP contribution in [0.3, 0.4) is 0 Å². The van der Waals surface area contributed by atoms with Crippen molar-refractivity contribution in [2.75, 3.05) is 27.3 Å². The van der Waals surface area contributed by atoms with Crippen LogP contribution in [0.5, 0.6) is 5.75 Å². The molecule has 0 radical (unpaired) electrons. The molecule has 3 amide bonds. The molecule has 7 nitrogen and oxygen atoms in total. The molecular formula is C22H22F2N2O5. The lowest BCUT2D eigenvalue weighted by molar-refractivity contribution is -0.0498. The second kappa shape index (κ2) is 9.65. The van der Waals surface area contributed by atoms with Crippen LogP contribution in [0.15, 0.2) is 42.5 Å². The summed E-state index contributed by atoms with van der Waals surface area (Å²) in [7, 11) is 3.13. The number of imide groups is 1. The molecule has 1 aliphatic heterocycles. The number of methoxy groups -OCH3 is 1. The van der Waals surface area contributed by atoms with E-state index in [-0.39, 0.29) is 47.3 Å². The van der Waals surface area contributed by atoms with Crippen LogP contribution in [0.1, 0.15) is 43.1 Å². The van der Waals surface area contributed by atoms with Crippen LogP contribution in [-0.2, 0) is 11.3 Å². The zero-order valence-corrected chi connectivity index (χ0v) is 17.1. The molecule has 0 saturated heterocycles. The average molecular weight is 432 g/mol. The number of alkyl halides is 2. The molecule has 0 aromatic heterocycles. The van der Waals surface area contributed by atoms with E-state index < -0.39 is 12.5 Å². The lowest BCUT2D eigenvalue weighted by Crippen LogP contribution is -2.31. The minimum absolute atomic E-state index is 0.0320. The Morgan fingerprint density at radius 1 is 1.06 bits per heavy atom. The molecule has 31 heavy (non-hydrogen) atoms. The zero-order chi connectivity index (χ0) is 22.5. The zero-order valence-electron chi connectivity index (χ0n) is 17.1. The van der Waals surface area contributed by atoms with Crippen molar-refractivity contribution in [3.63, 3.8) is 0 Å². The van der Waals surface area contributed by atoms with Gasteiger partial charge in [-0.25, -0.2) is 0 Å². The highest BCUT2D eigenvalue weighted by atomic mass is 19.3. The number of benzene rings is 2. The second-order valence-corrected chi connectivity index (χ2v) is 7.05. The van der Waals surface area contributed by atoms with Gasteiger partial charge in [0.2, 0.25) is 0 Å². The number of carbonyl (C=O) groups is 3. The predicted octanol–water partition coefficient (Wildman–Crippen LogP) is 3.19. The van der Waals surface area contributed by atoms with E-state index in [1.807, 2.05) is 0 Å². The molecule has 0 aliphatic carbocycles. The lowest BCUT2D eigenvalue weighted by atomic mass is 10.0. The summed E-state index contributed by atoms with van der Waals surface area (Å²) in [6.07, 6.45) is 0.525. The van der Waals surface area contributed by atoms with Crippen LogP contribution in [0.25, 0.3) is 0 Å². The molecule has 0 bridgehead atoms. The molecule has 3 rings (SSSR count). The Kier molecular flexibility index (Phi) is 6.96. The van der Waals surface area contributed by atoms with E-state index in [1.165, 1.54) is 35.2 Å². The van der Waals surface area contributed by atoms with Crippen LogP contribution >= 0.6 is 0 Å². The number of hydrogen-bond donors (Lipinski definition) is 0. The van der Waals surface area contributed by atoms with E-state index in [0.29, 0.717) is 18.6 Å². The molecule has 0 saturated carbocycles. The topological polar surface area (TPSA) is 76.2 Å². The van der Waals surface area contributed by atoms with Gasteiger partial charge in [-0.05, 0) is 42.3 Å². The molecule has 0 unspecified atom stereocenters. The maximum Gasteiger partial charge on any atom is 0.387 e. The van der Waals surface area contributed by atoms with Gasteiger partial charge in [-0.1, -0.05) is 12.1 Å². The summed E-state index contributed by atoms with van der Waals surface area (Å²) < 4.78 is 33.8. The summed E-state index contributed by atoms with van der Waals surface area (Å²) >= 11 is 0. The van der Waals surface area contributed by atoms with Crippen molar-refractivity contribution in [3.05, 3.63) is 64.7 Å². The number of carbonyl (C=O) groups excluding carboxylic acids is 3. The number of halogens is 2. The molecular weight excluding hydrogens is 410 g/mol. The molecule has 164 valence electrons. The summed E-state index contributed by atoms with van der Waals surface area (Å²) in [5.74, 6) is -1.11. The van der Waals surface area contributed by atoms with Crippen LogP contribution in [-0.4, -0.2) is 61.4 Å². The summed E-state index contributed by atoms with van der Waals surface area (Å²) in [6.45, 7) is -2.01. The van der Waals surface area contributed by atoms with Crippen molar-refractivity contribution in [2.45, 2.75) is 19.6 Å². The fourth-order valence-electron chi connectivity index (χ4n) is 3.34. The van der Waals surface area contributed by atoms with Gasteiger partial charge >= 0.3 is 6.61 Å². The van der Waals surface area contributed by atoms with Gasteiger partial charge in [0.15, 0.2) is 0 Å². The molecule has 0 fully saturated rings.